The van der Waals surface area contributed by atoms with E-state index in [1.54, 1.807) is 0 Å². The van der Waals surface area contributed by atoms with Gasteiger partial charge in [0.2, 0.25) is 0 Å². The molecule has 0 saturated heterocycles. The van der Waals surface area contributed by atoms with Crippen LogP contribution in [0, 0.1) is 5.92 Å². The smallest absolute Gasteiger partial charge is 0.191 e. The van der Waals surface area contributed by atoms with Gasteiger partial charge in [-0.1, -0.05) is 0 Å². The highest BCUT2D eigenvalue weighted by Crippen LogP contribution is 2.72. The normalized spacial score (nSPS) is 19.1. The van der Waals surface area contributed by atoms with Crippen molar-refractivity contribution in [3.05, 3.63) is 0 Å². The zero-order chi connectivity index (χ0) is 15.3. The molecule has 0 N–H and O–H groups in total. The Balaban J connectivity index is 3.14. The van der Waals surface area contributed by atoms with Crippen molar-refractivity contribution in [2.24, 2.45) is 5.92 Å². The maximum atomic E-state index is 12.9. The molecular formula is C8H7F10P. The molecule has 1 aliphatic carbocycles. The molecule has 0 atom stereocenters. The van der Waals surface area contributed by atoms with E-state index in [1.807, 2.05) is 0 Å². The van der Waals surface area contributed by atoms with Crippen LogP contribution in [0.3, 0.4) is 0 Å². The second kappa shape index (κ2) is 4.63. The van der Waals surface area contributed by atoms with Crippen LogP contribution in [0.2, 0.25) is 0 Å². The van der Waals surface area contributed by atoms with E-state index >= 15 is 0 Å². The molecule has 0 aromatic heterocycles. The van der Waals surface area contributed by atoms with E-state index in [4.69, 9.17) is 0 Å². The maximum Gasteiger partial charge on any atom is 0.457 e. The van der Waals surface area contributed by atoms with Gasteiger partial charge in [0.25, 0.3) is 0 Å². The Morgan fingerprint density at radius 2 is 1.00 bits per heavy atom. The molecule has 0 aliphatic heterocycles. The molecule has 11 heteroatoms. The van der Waals surface area contributed by atoms with Gasteiger partial charge in [-0.05, 0) is 24.9 Å². The molecule has 0 heterocycles. The first-order valence-electron chi connectivity index (χ1n) is 4.88. The van der Waals surface area contributed by atoms with E-state index in [1.165, 1.54) is 0 Å². The highest BCUT2D eigenvalue weighted by atomic mass is 31.1. The van der Waals surface area contributed by atoms with Crippen molar-refractivity contribution >= 4 is 7.92 Å². The van der Waals surface area contributed by atoms with Crippen LogP contribution in [0.5, 0.6) is 0 Å². The monoisotopic (exact) mass is 324 g/mol. The molecule has 0 bridgehead atoms. The average molecular weight is 324 g/mol. The Labute approximate surface area is 101 Å². The summed E-state index contributed by atoms with van der Waals surface area (Å²) in [7, 11) is -4.92. The second-order valence-electron chi connectivity index (χ2n) is 4.13. The van der Waals surface area contributed by atoms with Gasteiger partial charge < -0.3 is 0 Å². The van der Waals surface area contributed by atoms with Gasteiger partial charge in [-0.3, -0.25) is 0 Å². The molecule has 0 radical (unpaired) electrons. The zero-order valence-electron chi connectivity index (χ0n) is 8.93. The Morgan fingerprint density at radius 3 is 1.21 bits per heavy atom. The molecule has 0 aromatic rings. The Hall–Kier alpha value is -0.270. The van der Waals surface area contributed by atoms with Crippen LogP contribution in [0.25, 0.3) is 0 Å². The van der Waals surface area contributed by atoms with Crippen molar-refractivity contribution in [1.29, 1.82) is 0 Å². The van der Waals surface area contributed by atoms with E-state index in [-0.39, 0.29) is 12.8 Å². The van der Waals surface area contributed by atoms with Gasteiger partial charge in [0, 0.05) is 0 Å². The molecule has 1 aliphatic rings. The fourth-order valence-electron chi connectivity index (χ4n) is 1.27. The summed E-state index contributed by atoms with van der Waals surface area (Å²) in [4.78, 5) is 0. The summed E-state index contributed by atoms with van der Waals surface area (Å²) in [5.74, 6) is -0.924. The summed E-state index contributed by atoms with van der Waals surface area (Å²) in [6.07, 6.45) is -14.1. The lowest BCUT2D eigenvalue weighted by molar-refractivity contribution is -0.262. The number of alkyl halides is 10. The van der Waals surface area contributed by atoms with Crippen LogP contribution in [0.4, 0.5) is 43.9 Å². The molecule has 1 rings (SSSR count). The van der Waals surface area contributed by atoms with E-state index < -0.39 is 43.7 Å². The molecule has 19 heavy (non-hydrogen) atoms. The highest BCUT2D eigenvalue weighted by Gasteiger charge is 2.75. The molecule has 0 nitrogen and oxygen atoms in total. The van der Waals surface area contributed by atoms with Crippen molar-refractivity contribution in [3.63, 3.8) is 0 Å². The van der Waals surface area contributed by atoms with Gasteiger partial charge in [-0.2, -0.15) is 43.9 Å². The first-order chi connectivity index (χ1) is 8.21. The van der Waals surface area contributed by atoms with Gasteiger partial charge in [-0.15, -0.1) is 0 Å². The van der Waals surface area contributed by atoms with Crippen molar-refractivity contribution in [1.82, 2.24) is 0 Å². The van der Waals surface area contributed by atoms with Crippen LogP contribution in [0.1, 0.15) is 12.8 Å². The molecule has 1 saturated carbocycles. The third kappa shape index (κ3) is 3.25. The minimum atomic E-state index is -6.43. The van der Waals surface area contributed by atoms with Crippen LogP contribution in [0.15, 0.2) is 0 Å². The molecule has 1 fully saturated rings. The third-order valence-corrected chi connectivity index (χ3v) is 5.24. The Bertz CT molecular complexity index is 299. The lowest BCUT2D eigenvalue weighted by atomic mass is 10.5. The van der Waals surface area contributed by atoms with Crippen molar-refractivity contribution in [2.75, 3.05) is 6.16 Å². The summed E-state index contributed by atoms with van der Waals surface area (Å²) in [5.41, 5.74) is -12.1. The molecule has 0 unspecified atom stereocenters. The van der Waals surface area contributed by atoms with Crippen molar-refractivity contribution in [3.8, 4) is 0 Å². The fourth-order valence-corrected chi connectivity index (χ4v) is 3.58. The minimum Gasteiger partial charge on any atom is -0.191 e. The van der Waals surface area contributed by atoms with Crippen LogP contribution in [-0.2, 0) is 0 Å². The van der Waals surface area contributed by atoms with E-state index in [0.29, 0.717) is 0 Å². The Kier molecular flexibility index (Phi) is 4.09. The average Bonchev–Trinajstić information content (AvgIpc) is 2.92. The standard InChI is InChI=1S/C8H7F10P/c9-5(10,11)7(15,16)19(3-4-1-2-4)8(17,18)6(12,13)14/h4H,1-3H2. The summed E-state index contributed by atoms with van der Waals surface area (Å²) < 4.78 is 124. The predicted octanol–water partition coefficient (Wildman–Crippen LogP) is 5.19. The third-order valence-electron chi connectivity index (χ3n) is 2.50. The second-order valence-corrected chi connectivity index (χ2v) is 6.48. The zero-order valence-corrected chi connectivity index (χ0v) is 9.82. The van der Waals surface area contributed by atoms with Crippen molar-refractivity contribution < 1.29 is 43.9 Å². The fraction of sp³-hybridized carbons (Fsp3) is 1.00. The minimum absolute atomic E-state index is 0.0840. The number of rotatable bonds is 4. The van der Waals surface area contributed by atoms with Gasteiger partial charge in [0.1, 0.15) is 0 Å². The SMILES string of the molecule is FC(F)(F)C(F)(F)P(CC1CC1)C(F)(F)C(F)(F)F. The summed E-state index contributed by atoms with van der Waals surface area (Å²) in [6.45, 7) is 0. The lowest BCUT2D eigenvalue weighted by Crippen LogP contribution is -2.46. The van der Waals surface area contributed by atoms with E-state index in [2.05, 4.69) is 0 Å². The summed E-state index contributed by atoms with van der Waals surface area (Å²) in [5, 5.41) is 0. The van der Waals surface area contributed by atoms with Crippen LogP contribution >= 0.6 is 7.92 Å². The quantitative estimate of drug-likeness (QED) is 0.493. The number of hydrogen-bond donors (Lipinski definition) is 0. The predicted molar refractivity (Wildman–Crippen MR) is 46.5 cm³/mol. The van der Waals surface area contributed by atoms with E-state index in [0.717, 1.165) is 0 Å². The largest absolute Gasteiger partial charge is 0.457 e. The summed E-state index contributed by atoms with van der Waals surface area (Å²) in [6, 6.07) is 0. The summed E-state index contributed by atoms with van der Waals surface area (Å²) >= 11 is 0. The number of hydrogen-bond acceptors (Lipinski definition) is 0. The van der Waals surface area contributed by atoms with Crippen LogP contribution in [-0.4, -0.2) is 29.8 Å². The highest BCUT2D eigenvalue weighted by molar-refractivity contribution is 7.60. The first kappa shape index (κ1) is 16.8. The molecule has 0 aromatic carbocycles. The topological polar surface area (TPSA) is 0 Å². The lowest BCUT2D eigenvalue weighted by Gasteiger charge is -2.35. The van der Waals surface area contributed by atoms with Crippen molar-refractivity contribution in [2.45, 2.75) is 36.5 Å². The van der Waals surface area contributed by atoms with Crippen LogP contribution < -0.4 is 0 Å². The Morgan fingerprint density at radius 1 is 0.684 bits per heavy atom. The molecule has 0 spiro atoms. The first-order valence-corrected chi connectivity index (χ1v) is 6.40. The van der Waals surface area contributed by atoms with Gasteiger partial charge >= 0.3 is 23.7 Å². The van der Waals surface area contributed by atoms with Gasteiger partial charge in [0.05, 0.1) is 7.92 Å². The molecular weight excluding hydrogens is 317 g/mol. The molecule has 114 valence electrons. The number of halogens is 10. The van der Waals surface area contributed by atoms with Gasteiger partial charge in [0.15, 0.2) is 0 Å². The molecule has 0 amide bonds. The maximum absolute atomic E-state index is 12.9. The van der Waals surface area contributed by atoms with E-state index in [9.17, 15) is 43.9 Å². The van der Waals surface area contributed by atoms with Gasteiger partial charge in [-0.25, -0.2) is 0 Å².